The SMILES string of the molecule is COc1c(Br)cc2c(c1-c1cnoc1N)OCO2. The van der Waals surface area contributed by atoms with E-state index in [0.717, 1.165) is 4.47 Å². The molecule has 1 aliphatic heterocycles. The lowest BCUT2D eigenvalue weighted by atomic mass is 10.1. The van der Waals surface area contributed by atoms with Gasteiger partial charge >= 0.3 is 0 Å². The number of halogens is 1. The first-order valence-corrected chi connectivity index (χ1v) is 5.88. The molecule has 6 nitrogen and oxygen atoms in total. The van der Waals surface area contributed by atoms with E-state index in [4.69, 9.17) is 24.5 Å². The van der Waals surface area contributed by atoms with Crippen LogP contribution in [0.5, 0.6) is 17.2 Å². The van der Waals surface area contributed by atoms with Gasteiger partial charge in [-0.3, -0.25) is 0 Å². The molecule has 3 rings (SSSR count). The summed E-state index contributed by atoms with van der Waals surface area (Å²) >= 11 is 3.42. The maximum Gasteiger partial charge on any atom is 0.231 e. The minimum atomic E-state index is 0.160. The molecule has 1 aromatic heterocycles. The Bertz CT molecular complexity index is 608. The van der Waals surface area contributed by atoms with Crippen LogP contribution in [0, 0.1) is 0 Å². The number of ether oxygens (including phenoxy) is 3. The van der Waals surface area contributed by atoms with Gasteiger partial charge in [-0.15, -0.1) is 0 Å². The van der Waals surface area contributed by atoms with Crippen molar-refractivity contribution >= 4 is 21.8 Å². The molecule has 0 spiro atoms. The summed E-state index contributed by atoms with van der Waals surface area (Å²) in [5.41, 5.74) is 7.02. The zero-order valence-electron chi connectivity index (χ0n) is 9.40. The molecular weight excluding hydrogens is 304 g/mol. The summed E-state index contributed by atoms with van der Waals surface area (Å²) in [6.45, 7) is 0.160. The summed E-state index contributed by atoms with van der Waals surface area (Å²) < 4.78 is 21.8. The van der Waals surface area contributed by atoms with Crippen molar-refractivity contribution in [3.8, 4) is 28.4 Å². The van der Waals surface area contributed by atoms with E-state index < -0.39 is 0 Å². The topological polar surface area (TPSA) is 79.7 Å². The fraction of sp³-hybridized carbons (Fsp3) is 0.182. The Morgan fingerprint density at radius 1 is 1.44 bits per heavy atom. The molecule has 0 saturated heterocycles. The number of nitrogen functional groups attached to an aromatic ring is 1. The Labute approximate surface area is 111 Å². The molecule has 0 amide bonds. The smallest absolute Gasteiger partial charge is 0.231 e. The number of fused-ring (bicyclic) bond motifs is 1. The van der Waals surface area contributed by atoms with Crippen LogP contribution < -0.4 is 19.9 Å². The fourth-order valence-corrected chi connectivity index (χ4v) is 2.44. The van der Waals surface area contributed by atoms with Crippen LogP contribution in [0.4, 0.5) is 5.88 Å². The van der Waals surface area contributed by atoms with Crippen LogP contribution in [-0.2, 0) is 0 Å². The van der Waals surface area contributed by atoms with Gasteiger partial charge in [0.2, 0.25) is 12.7 Å². The Kier molecular flexibility index (Phi) is 2.55. The molecule has 0 fully saturated rings. The summed E-state index contributed by atoms with van der Waals surface area (Å²) in [7, 11) is 1.56. The first-order chi connectivity index (χ1) is 8.72. The van der Waals surface area contributed by atoms with Crippen LogP contribution in [0.2, 0.25) is 0 Å². The molecule has 0 saturated carbocycles. The van der Waals surface area contributed by atoms with Gasteiger partial charge in [-0.05, 0) is 15.9 Å². The van der Waals surface area contributed by atoms with Gasteiger partial charge in [0.05, 0.1) is 28.9 Å². The van der Waals surface area contributed by atoms with Crippen molar-refractivity contribution in [3.05, 3.63) is 16.7 Å². The molecule has 18 heavy (non-hydrogen) atoms. The summed E-state index contributed by atoms with van der Waals surface area (Å²) in [5.74, 6) is 1.99. The highest BCUT2D eigenvalue weighted by Gasteiger charge is 2.27. The van der Waals surface area contributed by atoms with Gasteiger partial charge in [0.1, 0.15) is 5.75 Å². The molecule has 2 aromatic rings. The van der Waals surface area contributed by atoms with Gasteiger partial charge in [0.25, 0.3) is 0 Å². The van der Waals surface area contributed by atoms with Gasteiger partial charge < -0.3 is 24.5 Å². The van der Waals surface area contributed by atoms with E-state index in [1.54, 1.807) is 13.2 Å². The van der Waals surface area contributed by atoms with Crippen LogP contribution in [-0.4, -0.2) is 19.1 Å². The molecule has 0 bridgehead atoms. The maximum absolute atomic E-state index is 5.74. The first-order valence-electron chi connectivity index (χ1n) is 5.09. The van der Waals surface area contributed by atoms with Crippen molar-refractivity contribution in [2.75, 3.05) is 19.6 Å². The third kappa shape index (κ3) is 1.51. The van der Waals surface area contributed by atoms with Crippen LogP contribution in [0.15, 0.2) is 21.3 Å². The normalized spacial score (nSPS) is 12.8. The molecule has 0 unspecified atom stereocenters. The maximum atomic E-state index is 5.74. The van der Waals surface area contributed by atoms with Crippen LogP contribution in [0.25, 0.3) is 11.1 Å². The molecule has 0 radical (unpaired) electrons. The zero-order valence-corrected chi connectivity index (χ0v) is 11.0. The molecule has 0 atom stereocenters. The quantitative estimate of drug-likeness (QED) is 0.917. The highest BCUT2D eigenvalue weighted by Crippen LogP contribution is 2.51. The largest absolute Gasteiger partial charge is 0.495 e. The summed E-state index contributed by atoms with van der Waals surface area (Å²) in [6, 6.07) is 1.79. The number of benzene rings is 1. The van der Waals surface area contributed by atoms with E-state index >= 15 is 0 Å². The summed E-state index contributed by atoms with van der Waals surface area (Å²) in [4.78, 5) is 0. The second-order valence-corrected chi connectivity index (χ2v) is 4.46. The van der Waals surface area contributed by atoms with E-state index in [1.807, 2.05) is 0 Å². The van der Waals surface area contributed by atoms with Crippen LogP contribution in [0.3, 0.4) is 0 Å². The van der Waals surface area contributed by atoms with E-state index in [-0.39, 0.29) is 12.7 Å². The van der Waals surface area contributed by atoms with E-state index in [0.29, 0.717) is 28.4 Å². The number of hydrogen-bond acceptors (Lipinski definition) is 6. The van der Waals surface area contributed by atoms with Crippen molar-refractivity contribution < 1.29 is 18.7 Å². The highest BCUT2D eigenvalue weighted by molar-refractivity contribution is 9.10. The molecule has 1 aliphatic rings. The molecule has 1 aromatic carbocycles. The average Bonchev–Trinajstić information content (AvgIpc) is 2.96. The lowest BCUT2D eigenvalue weighted by Crippen LogP contribution is -1.95. The first kappa shape index (κ1) is 11.2. The molecule has 0 aliphatic carbocycles. The number of rotatable bonds is 2. The second-order valence-electron chi connectivity index (χ2n) is 3.60. The third-order valence-corrected chi connectivity index (χ3v) is 3.23. The lowest BCUT2D eigenvalue weighted by Gasteiger charge is -2.12. The van der Waals surface area contributed by atoms with Gasteiger partial charge in [-0.2, -0.15) is 0 Å². The molecule has 7 heteroatoms. The van der Waals surface area contributed by atoms with Crippen molar-refractivity contribution in [2.45, 2.75) is 0 Å². The van der Waals surface area contributed by atoms with E-state index in [9.17, 15) is 0 Å². The number of anilines is 1. The molecule has 94 valence electrons. The summed E-state index contributed by atoms with van der Waals surface area (Å²) in [6.07, 6.45) is 1.52. The van der Waals surface area contributed by atoms with E-state index in [1.165, 1.54) is 6.20 Å². The number of nitrogens with zero attached hydrogens (tertiary/aromatic N) is 1. The van der Waals surface area contributed by atoms with Crippen LogP contribution in [0.1, 0.15) is 0 Å². The number of hydrogen-bond donors (Lipinski definition) is 1. The predicted octanol–water partition coefficient (Wildman–Crippen LogP) is 2.42. The number of nitrogens with two attached hydrogens (primary N) is 1. The molecule has 2 N–H and O–H groups in total. The Balaban J connectivity index is 2.33. The van der Waals surface area contributed by atoms with Gasteiger partial charge in [-0.25, -0.2) is 0 Å². The highest BCUT2D eigenvalue weighted by atomic mass is 79.9. The average molecular weight is 313 g/mol. The standard InChI is InChI=1S/C11H9BrN2O4/c1-15-9-6(12)2-7-10(17-4-16-7)8(9)5-3-14-18-11(5)13/h2-3H,4,13H2,1H3. The van der Waals surface area contributed by atoms with Gasteiger partial charge in [0, 0.05) is 6.07 Å². The van der Waals surface area contributed by atoms with Gasteiger partial charge in [0.15, 0.2) is 11.5 Å². The van der Waals surface area contributed by atoms with E-state index in [2.05, 4.69) is 21.1 Å². The van der Waals surface area contributed by atoms with Crippen molar-refractivity contribution in [1.29, 1.82) is 0 Å². The third-order valence-electron chi connectivity index (χ3n) is 2.64. The van der Waals surface area contributed by atoms with Crippen molar-refractivity contribution in [3.63, 3.8) is 0 Å². The number of methoxy groups -OCH3 is 1. The minimum absolute atomic E-state index is 0.160. The molecular formula is C11H9BrN2O4. The Morgan fingerprint density at radius 2 is 2.28 bits per heavy atom. The van der Waals surface area contributed by atoms with Crippen LogP contribution >= 0.6 is 15.9 Å². The number of aromatic nitrogens is 1. The lowest BCUT2D eigenvalue weighted by molar-refractivity contribution is 0.174. The summed E-state index contributed by atoms with van der Waals surface area (Å²) in [5, 5.41) is 3.66. The Hall–Kier alpha value is -1.89. The fourth-order valence-electron chi connectivity index (χ4n) is 1.87. The van der Waals surface area contributed by atoms with Gasteiger partial charge in [-0.1, -0.05) is 5.16 Å². The zero-order chi connectivity index (χ0) is 12.7. The predicted molar refractivity (Wildman–Crippen MR) is 66.7 cm³/mol. The Morgan fingerprint density at radius 3 is 2.94 bits per heavy atom. The second kappa shape index (κ2) is 4.09. The van der Waals surface area contributed by atoms with Crippen molar-refractivity contribution in [2.24, 2.45) is 0 Å². The molecule has 2 heterocycles. The van der Waals surface area contributed by atoms with Crippen molar-refractivity contribution in [1.82, 2.24) is 5.16 Å². The minimum Gasteiger partial charge on any atom is -0.495 e. The monoisotopic (exact) mass is 312 g/mol.